The highest BCUT2D eigenvalue weighted by Gasteiger charge is 2.25. The monoisotopic (exact) mass is 302 g/mol. The molecule has 0 radical (unpaired) electrons. The predicted octanol–water partition coefficient (Wildman–Crippen LogP) is 2.64. The van der Waals surface area contributed by atoms with Crippen LogP contribution in [0.3, 0.4) is 0 Å². The van der Waals surface area contributed by atoms with Gasteiger partial charge in [0.1, 0.15) is 0 Å². The quantitative estimate of drug-likeness (QED) is 0.855. The predicted molar refractivity (Wildman–Crippen MR) is 79.3 cm³/mol. The van der Waals surface area contributed by atoms with Gasteiger partial charge in [0.25, 0.3) is 0 Å². The number of halogens is 1. The Hall–Kier alpha value is -0.750. The number of hydrogen-bond donors (Lipinski definition) is 0. The molecule has 0 aliphatic carbocycles. The second kappa shape index (κ2) is 6.13. The first-order valence-corrected chi connectivity index (χ1v) is 7.74. The first kappa shape index (κ1) is 14.7. The molecular formula is C12H19ClN4OS. The first-order valence-electron chi connectivity index (χ1n) is 6.42. The standard InChI is InChI=1S/C12H19ClN4OS/c1-7(2)18-12-15-10(13)14-11(16-12)17-5-8(3)19-9(4)6-17/h7-9H,5-6H2,1-4H3. The summed E-state index contributed by atoms with van der Waals surface area (Å²) in [5.74, 6) is 0.606. The SMILES string of the molecule is CC(C)Oc1nc(Cl)nc(N2CC(C)SC(C)C2)n1. The van der Waals surface area contributed by atoms with E-state index in [2.05, 4.69) is 33.7 Å². The van der Waals surface area contributed by atoms with Crippen LogP contribution in [0.25, 0.3) is 0 Å². The van der Waals surface area contributed by atoms with E-state index in [1.807, 2.05) is 25.6 Å². The third-order valence-corrected chi connectivity index (χ3v) is 4.02. The van der Waals surface area contributed by atoms with Gasteiger partial charge in [-0.15, -0.1) is 0 Å². The average molecular weight is 303 g/mol. The van der Waals surface area contributed by atoms with Crippen molar-refractivity contribution in [3.8, 4) is 6.01 Å². The Kier molecular flexibility index (Phi) is 4.73. The van der Waals surface area contributed by atoms with Gasteiger partial charge in [0.2, 0.25) is 11.2 Å². The van der Waals surface area contributed by atoms with Crippen LogP contribution in [0.2, 0.25) is 5.28 Å². The topological polar surface area (TPSA) is 51.1 Å². The second-order valence-corrected chi connectivity index (χ2v) is 7.24. The Morgan fingerprint density at radius 2 is 1.84 bits per heavy atom. The summed E-state index contributed by atoms with van der Waals surface area (Å²) in [6, 6.07) is 0.295. The molecule has 1 aromatic heterocycles. The van der Waals surface area contributed by atoms with Gasteiger partial charge in [0, 0.05) is 23.6 Å². The van der Waals surface area contributed by atoms with Crippen LogP contribution in [0.15, 0.2) is 0 Å². The van der Waals surface area contributed by atoms with Crippen molar-refractivity contribution >= 4 is 29.3 Å². The minimum atomic E-state index is 0.0149. The Morgan fingerprint density at radius 1 is 1.21 bits per heavy atom. The highest BCUT2D eigenvalue weighted by Crippen LogP contribution is 2.27. The van der Waals surface area contributed by atoms with Crippen molar-refractivity contribution in [3.05, 3.63) is 5.28 Å². The largest absolute Gasteiger partial charge is 0.461 e. The lowest BCUT2D eigenvalue weighted by Gasteiger charge is -2.34. The molecule has 0 N–H and O–H groups in total. The number of rotatable bonds is 3. The molecule has 19 heavy (non-hydrogen) atoms. The van der Waals surface area contributed by atoms with E-state index in [9.17, 15) is 0 Å². The van der Waals surface area contributed by atoms with Crippen molar-refractivity contribution in [3.63, 3.8) is 0 Å². The Balaban J connectivity index is 2.21. The summed E-state index contributed by atoms with van der Waals surface area (Å²) >= 11 is 7.93. The average Bonchev–Trinajstić information content (AvgIpc) is 2.25. The number of hydrogen-bond acceptors (Lipinski definition) is 6. The molecule has 0 amide bonds. The number of nitrogens with zero attached hydrogens (tertiary/aromatic N) is 4. The molecule has 0 saturated carbocycles. The molecular weight excluding hydrogens is 284 g/mol. The van der Waals surface area contributed by atoms with Crippen LogP contribution in [0.5, 0.6) is 6.01 Å². The van der Waals surface area contributed by atoms with Crippen LogP contribution in [0.4, 0.5) is 5.95 Å². The number of aromatic nitrogens is 3. The molecule has 2 atom stereocenters. The summed E-state index contributed by atoms with van der Waals surface area (Å²) in [6.07, 6.45) is 0.0149. The minimum Gasteiger partial charge on any atom is -0.461 e. The molecule has 1 fully saturated rings. The smallest absolute Gasteiger partial charge is 0.322 e. The van der Waals surface area contributed by atoms with Crippen LogP contribution in [0.1, 0.15) is 27.7 Å². The second-order valence-electron chi connectivity index (χ2n) is 5.02. The van der Waals surface area contributed by atoms with Gasteiger partial charge in [-0.1, -0.05) is 13.8 Å². The van der Waals surface area contributed by atoms with Gasteiger partial charge in [-0.2, -0.15) is 26.7 Å². The van der Waals surface area contributed by atoms with Crippen molar-refractivity contribution in [1.29, 1.82) is 0 Å². The lowest BCUT2D eigenvalue weighted by atomic mass is 10.3. The third-order valence-electron chi connectivity index (χ3n) is 2.62. The summed E-state index contributed by atoms with van der Waals surface area (Å²) in [4.78, 5) is 14.7. The van der Waals surface area contributed by atoms with Gasteiger partial charge in [-0.3, -0.25) is 0 Å². The molecule has 1 aromatic rings. The molecule has 5 nitrogen and oxygen atoms in total. The molecule has 1 aliphatic rings. The number of anilines is 1. The van der Waals surface area contributed by atoms with E-state index in [4.69, 9.17) is 16.3 Å². The highest BCUT2D eigenvalue weighted by atomic mass is 35.5. The van der Waals surface area contributed by atoms with Crippen LogP contribution < -0.4 is 9.64 Å². The normalized spacial score (nSPS) is 23.8. The van der Waals surface area contributed by atoms with E-state index in [1.165, 1.54) is 0 Å². The van der Waals surface area contributed by atoms with Gasteiger partial charge in [0.05, 0.1) is 6.10 Å². The summed E-state index contributed by atoms with van der Waals surface area (Å²) in [5.41, 5.74) is 0. The van der Waals surface area contributed by atoms with E-state index >= 15 is 0 Å². The van der Waals surface area contributed by atoms with E-state index in [1.54, 1.807) is 0 Å². The van der Waals surface area contributed by atoms with Gasteiger partial charge < -0.3 is 9.64 Å². The molecule has 106 valence electrons. The summed E-state index contributed by atoms with van der Waals surface area (Å²) in [6.45, 7) is 10.1. The maximum atomic E-state index is 5.95. The highest BCUT2D eigenvalue weighted by molar-refractivity contribution is 8.00. The zero-order valence-electron chi connectivity index (χ0n) is 11.6. The van der Waals surface area contributed by atoms with E-state index in [-0.39, 0.29) is 11.4 Å². The molecule has 2 rings (SSSR count). The molecule has 0 aromatic carbocycles. The summed E-state index contributed by atoms with van der Waals surface area (Å²) < 4.78 is 5.50. The Labute approximate surface area is 123 Å². The lowest BCUT2D eigenvalue weighted by molar-refractivity contribution is 0.221. The maximum Gasteiger partial charge on any atom is 0.322 e. The van der Waals surface area contributed by atoms with Crippen molar-refractivity contribution in [2.75, 3.05) is 18.0 Å². The van der Waals surface area contributed by atoms with Crippen LogP contribution in [0, 0.1) is 0 Å². The van der Waals surface area contributed by atoms with Crippen molar-refractivity contribution in [2.45, 2.75) is 44.3 Å². The summed E-state index contributed by atoms with van der Waals surface area (Å²) in [7, 11) is 0. The lowest BCUT2D eigenvalue weighted by Crippen LogP contribution is -2.41. The van der Waals surface area contributed by atoms with Crippen molar-refractivity contribution in [2.24, 2.45) is 0 Å². The third kappa shape index (κ3) is 4.11. The Bertz CT molecular complexity index is 436. The molecule has 2 unspecified atom stereocenters. The molecule has 1 saturated heterocycles. The van der Waals surface area contributed by atoms with Gasteiger partial charge in [-0.05, 0) is 25.4 Å². The van der Waals surface area contributed by atoms with Crippen molar-refractivity contribution in [1.82, 2.24) is 15.0 Å². The van der Waals surface area contributed by atoms with E-state index < -0.39 is 0 Å². The zero-order valence-corrected chi connectivity index (χ0v) is 13.2. The molecule has 7 heteroatoms. The van der Waals surface area contributed by atoms with Gasteiger partial charge in [-0.25, -0.2) is 0 Å². The van der Waals surface area contributed by atoms with Crippen LogP contribution in [-0.4, -0.2) is 44.6 Å². The fourth-order valence-electron chi connectivity index (χ4n) is 2.07. The number of ether oxygens (including phenoxy) is 1. The Morgan fingerprint density at radius 3 is 2.42 bits per heavy atom. The van der Waals surface area contributed by atoms with Gasteiger partial charge >= 0.3 is 6.01 Å². The maximum absolute atomic E-state index is 5.95. The fraction of sp³-hybridized carbons (Fsp3) is 0.750. The molecule has 2 heterocycles. The van der Waals surface area contributed by atoms with Crippen LogP contribution in [-0.2, 0) is 0 Å². The van der Waals surface area contributed by atoms with Crippen LogP contribution >= 0.6 is 23.4 Å². The summed E-state index contributed by atoms with van der Waals surface area (Å²) in [5, 5.41) is 1.28. The molecule has 1 aliphatic heterocycles. The zero-order chi connectivity index (χ0) is 14.0. The van der Waals surface area contributed by atoms with E-state index in [0.717, 1.165) is 13.1 Å². The van der Waals surface area contributed by atoms with Crippen molar-refractivity contribution < 1.29 is 4.74 Å². The number of thioether (sulfide) groups is 1. The van der Waals surface area contributed by atoms with Gasteiger partial charge in [0.15, 0.2) is 0 Å². The molecule has 0 bridgehead atoms. The van der Waals surface area contributed by atoms with E-state index in [0.29, 0.717) is 22.5 Å². The first-order chi connectivity index (χ1) is 8.94. The minimum absolute atomic E-state index is 0.0149. The fourth-order valence-corrected chi connectivity index (χ4v) is 3.54. The molecule has 0 spiro atoms.